The molecule has 0 saturated heterocycles. The molecule has 1 fully saturated rings. The Labute approximate surface area is 285 Å². The number of amides is 3. The Kier molecular flexibility index (Phi) is 15.0. The summed E-state index contributed by atoms with van der Waals surface area (Å²) in [6.45, 7) is -1.07. The van der Waals surface area contributed by atoms with Gasteiger partial charge in [-0.25, -0.2) is 0 Å². The number of hydrogen-bond donors (Lipinski definition) is 4. The SMILES string of the molecule is C#C.CN(C)C(=O)C(=O)NCCNC(=O)c1ccc(Nc2nc(NC3(c4ccc(Cl)cc4)CC3)nc(OCC(F)(F)F)n2)cc1.COC=O. The van der Waals surface area contributed by atoms with Gasteiger partial charge in [0.25, 0.3) is 12.4 Å². The highest BCUT2D eigenvalue weighted by Crippen LogP contribution is 2.48. The number of hydrogen-bond acceptors (Lipinski definition) is 11. The first-order chi connectivity index (χ1) is 23.2. The van der Waals surface area contributed by atoms with Crippen LogP contribution >= 0.6 is 11.6 Å². The predicted molar refractivity (Wildman–Crippen MR) is 174 cm³/mol. The van der Waals surface area contributed by atoms with E-state index in [9.17, 15) is 27.6 Å². The Morgan fingerprint density at radius 2 is 1.53 bits per heavy atom. The average molecular weight is 707 g/mol. The van der Waals surface area contributed by atoms with Gasteiger partial charge in [0.05, 0.1) is 12.6 Å². The van der Waals surface area contributed by atoms with Crippen LogP contribution in [0.4, 0.5) is 30.8 Å². The number of benzene rings is 2. The number of methoxy groups -OCH3 is 1. The van der Waals surface area contributed by atoms with Gasteiger partial charge in [-0.05, 0) is 54.8 Å². The van der Waals surface area contributed by atoms with Crippen molar-refractivity contribution in [3.05, 3.63) is 64.7 Å². The van der Waals surface area contributed by atoms with Gasteiger partial charge < -0.3 is 35.6 Å². The van der Waals surface area contributed by atoms with Crippen molar-refractivity contribution in [3.63, 3.8) is 0 Å². The van der Waals surface area contributed by atoms with Gasteiger partial charge in [0.1, 0.15) is 0 Å². The van der Waals surface area contributed by atoms with Crippen LogP contribution in [-0.4, -0.2) is 91.1 Å². The number of likely N-dealkylation sites (N-methyl/N-ethyl adjacent to an activating group) is 1. The lowest BCUT2D eigenvalue weighted by molar-refractivity contribution is -0.154. The van der Waals surface area contributed by atoms with Crippen molar-refractivity contribution in [1.29, 1.82) is 0 Å². The van der Waals surface area contributed by atoms with Crippen LogP contribution in [0.1, 0.15) is 28.8 Å². The molecule has 3 aromatic rings. The van der Waals surface area contributed by atoms with E-state index in [2.05, 4.69) is 53.8 Å². The summed E-state index contributed by atoms with van der Waals surface area (Å²) >= 11 is 6.00. The van der Waals surface area contributed by atoms with E-state index >= 15 is 0 Å². The highest BCUT2D eigenvalue weighted by atomic mass is 35.5. The second kappa shape index (κ2) is 18.6. The fourth-order valence-electron chi connectivity index (χ4n) is 3.84. The van der Waals surface area contributed by atoms with Crippen LogP contribution in [0.3, 0.4) is 0 Å². The van der Waals surface area contributed by atoms with E-state index in [1.54, 1.807) is 24.3 Å². The first-order valence-electron chi connectivity index (χ1n) is 14.2. The molecule has 0 atom stereocenters. The highest BCUT2D eigenvalue weighted by Gasteiger charge is 2.45. The maximum Gasteiger partial charge on any atom is 0.422 e. The molecule has 49 heavy (non-hydrogen) atoms. The molecular weight excluding hydrogens is 673 g/mol. The number of nitrogens with one attached hydrogen (secondary N) is 4. The predicted octanol–water partition coefficient (Wildman–Crippen LogP) is 3.28. The zero-order chi connectivity index (χ0) is 36.6. The molecule has 1 aliphatic carbocycles. The van der Waals surface area contributed by atoms with Crippen LogP contribution in [-0.2, 0) is 24.7 Å². The molecule has 3 amide bonds. The number of nitrogens with zero attached hydrogens (tertiary/aromatic N) is 4. The number of aromatic nitrogens is 3. The minimum atomic E-state index is -4.60. The first kappa shape index (κ1) is 39.5. The van der Waals surface area contributed by atoms with Crippen molar-refractivity contribution in [2.45, 2.75) is 24.6 Å². The molecule has 4 N–H and O–H groups in total. The third-order valence-corrected chi connectivity index (χ3v) is 6.53. The van der Waals surface area contributed by atoms with E-state index in [-0.39, 0.29) is 25.0 Å². The fourth-order valence-corrected chi connectivity index (χ4v) is 3.97. The summed E-state index contributed by atoms with van der Waals surface area (Å²) in [6, 6.07) is 12.8. The topological polar surface area (TPSA) is 177 Å². The molecule has 262 valence electrons. The minimum Gasteiger partial charge on any atom is -0.471 e. The molecule has 0 radical (unpaired) electrons. The minimum absolute atomic E-state index is 0.0116. The number of ether oxygens (including phenoxy) is 2. The lowest BCUT2D eigenvalue weighted by Crippen LogP contribution is -2.42. The molecule has 0 spiro atoms. The summed E-state index contributed by atoms with van der Waals surface area (Å²) < 4.78 is 47.1. The Morgan fingerprint density at radius 3 is 2.06 bits per heavy atom. The monoisotopic (exact) mass is 706 g/mol. The Bertz CT molecular complexity index is 1580. The van der Waals surface area contributed by atoms with Crippen molar-refractivity contribution in [2.24, 2.45) is 0 Å². The number of halogens is 4. The van der Waals surface area contributed by atoms with E-state index in [0.29, 0.717) is 22.7 Å². The summed E-state index contributed by atoms with van der Waals surface area (Å²) in [5.41, 5.74) is 1.14. The summed E-state index contributed by atoms with van der Waals surface area (Å²) in [5.74, 6) is -1.98. The molecule has 1 aromatic heterocycles. The van der Waals surface area contributed by atoms with E-state index in [1.807, 2.05) is 12.1 Å². The molecule has 0 bridgehead atoms. The lowest BCUT2D eigenvalue weighted by atomic mass is 10.1. The third-order valence-electron chi connectivity index (χ3n) is 6.27. The van der Waals surface area contributed by atoms with Crippen LogP contribution in [0.2, 0.25) is 5.02 Å². The van der Waals surface area contributed by atoms with Crippen molar-refractivity contribution in [2.75, 3.05) is 51.5 Å². The molecule has 1 heterocycles. The molecule has 0 unspecified atom stereocenters. The zero-order valence-electron chi connectivity index (χ0n) is 26.6. The number of anilines is 3. The van der Waals surface area contributed by atoms with Gasteiger partial charge in [0, 0.05) is 43.5 Å². The van der Waals surface area contributed by atoms with Gasteiger partial charge in [-0.1, -0.05) is 23.7 Å². The molecule has 1 saturated carbocycles. The molecule has 4 rings (SSSR count). The van der Waals surface area contributed by atoms with Crippen LogP contribution < -0.4 is 26.0 Å². The van der Waals surface area contributed by atoms with Crippen LogP contribution in [0.5, 0.6) is 6.01 Å². The van der Waals surface area contributed by atoms with Crippen LogP contribution in [0.15, 0.2) is 48.5 Å². The Morgan fingerprint density at radius 1 is 0.959 bits per heavy atom. The third kappa shape index (κ3) is 13.2. The Hall–Kier alpha value is -5.63. The number of carbonyl (C=O) groups excluding carboxylic acids is 4. The highest BCUT2D eigenvalue weighted by molar-refractivity contribution is 6.34. The summed E-state index contributed by atoms with van der Waals surface area (Å²) in [5, 5.41) is 11.7. The van der Waals surface area contributed by atoms with Gasteiger partial charge in [0.15, 0.2) is 6.61 Å². The smallest absolute Gasteiger partial charge is 0.422 e. The van der Waals surface area contributed by atoms with E-state index in [0.717, 1.165) is 23.3 Å². The molecule has 18 heteroatoms. The Balaban J connectivity index is 0.00000129. The standard InChI is InChI=1S/C27H28ClF3N8O4.C2H4O2.C2H2/c1-39(2)22(42)21(41)33-14-13-32-20(40)16-3-9-19(10-4-16)34-23-35-24(37-25(36-23)43-15-27(29,30)31)38-26(11-12-26)17-5-7-18(28)8-6-17;1-4-2-3;1-2/h3-10H,11-15H2,1-2H3,(H,32,40)(H,33,41)(H2,34,35,36,37,38);2H,1H3;1-2H. The van der Waals surface area contributed by atoms with Gasteiger partial charge in [0.2, 0.25) is 11.9 Å². The van der Waals surface area contributed by atoms with E-state index in [4.69, 9.17) is 21.1 Å². The maximum atomic E-state index is 12.8. The number of carbonyl (C=O) groups is 4. The second-order valence-corrected chi connectivity index (χ2v) is 10.6. The number of terminal acetylenes is 1. The number of alkyl halides is 3. The second-order valence-electron chi connectivity index (χ2n) is 10.1. The largest absolute Gasteiger partial charge is 0.471 e. The zero-order valence-corrected chi connectivity index (χ0v) is 27.4. The van der Waals surface area contributed by atoms with Crippen molar-refractivity contribution >= 4 is 53.4 Å². The summed E-state index contributed by atoms with van der Waals surface area (Å²) in [4.78, 5) is 58.0. The van der Waals surface area contributed by atoms with Gasteiger partial charge >= 0.3 is 24.0 Å². The van der Waals surface area contributed by atoms with E-state index < -0.39 is 42.1 Å². The molecule has 2 aromatic carbocycles. The van der Waals surface area contributed by atoms with Crippen LogP contribution in [0, 0.1) is 12.8 Å². The van der Waals surface area contributed by atoms with Gasteiger partial charge in [-0.3, -0.25) is 19.2 Å². The first-order valence-corrected chi connectivity index (χ1v) is 14.6. The maximum absolute atomic E-state index is 12.8. The van der Waals surface area contributed by atoms with Crippen molar-refractivity contribution in [1.82, 2.24) is 30.5 Å². The summed E-state index contributed by atoms with van der Waals surface area (Å²) in [6.07, 6.45) is 4.89. The van der Waals surface area contributed by atoms with Crippen molar-refractivity contribution in [3.8, 4) is 18.9 Å². The molecule has 1 aliphatic rings. The van der Waals surface area contributed by atoms with Crippen LogP contribution in [0.25, 0.3) is 0 Å². The number of rotatable bonds is 12. The normalized spacial score (nSPS) is 12.3. The van der Waals surface area contributed by atoms with Gasteiger partial charge in [-0.2, -0.15) is 28.1 Å². The quantitative estimate of drug-likeness (QED) is 0.0941. The molecular formula is C31H34ClF3N8O6. The van der Waals surface area contributed by atoms with Gasteiger partial charge in [-0.15, -0.1) is 12.8 Å². The molecule has 14 nitrogen and oxygen atoms in total. The van der Waals surface area contributed by atoms with E-state index in [1.165, 1.54) is 33.3 Å². The van der Waals surface area contributed by atoms with Crippen molar-refractivity contribution < 1.29 is 41.8 Å². The lowest BCUT2D eigenvalue weighted by Gasteiger charge is -2.19. The fraction of sp³-hybridized carbons (Fsp3) is 0.323. The average Bonchev–Trinajstić information content (AvgIpc) is 3.86. The molecule has 0 aliphatic heterocycles. The summed E-state index contributed by atoms with van der Waals surface area (Å²) in [7, 11) is 4.21.